The second-order valence-electron chi connectivity index (χ2n) is 4.10. The highest BCUT2D eigenvalue weighted by molar-refractivity contribution is 9.10. The molecule has 0 aromatic rings. The maximum absolute atomic E-state index is 12.6. The van der Waals surface area contributed by atoms with Gasteiger partial charge in [-0.25, -0.2) is 0 Å². The van der Waals surface area contributed by atoms with Gasteiger partial charge in [-0.3, -0.25) is 4.90 Å². The highest BCUT2D eigenvalue weighted by Crippen LogP contribution is 2.31. The van der Waals surface area contributed by atoms with Crippen molar-refractivity contribution >= 4 is 15.9 Å². The standard InChI is InChI=1S/C9H16BrF2N/c1-7-3-4-8(5-7)13(2)6-9(10,11)12/h7-8H,3-6H2,1-2H3. The topological polar surface area (TPSA) is 3.24 Å². The molecule has 0 radical (unpaired) electrons. The lowest BCUT2D eigenvalue weighted by Crippen LogP contribution is -2.36. The zero-order valence-corrected chi connectivity index (χ0v) is 9.65. The molecule has 78 valence electrons. The van der Waals surface area contributed by atoms with E-state index in [2.05, 4.69) is 22.9 Å². The molecule has 1 rings (SSSR count). The summed E-state index contributed by atoms with van der Waals surface area (Å²) in [5.74, 6) is 0.691. The van der Waals surface area contributed by atoms with Crippen LogP contribution in [0.15, 0.2) is 0 Å². The summed E-state index contributed by atoms with van der Waals surface area (Å²) in [6, 6.07) is 0.346. The predicted octanol–water partition coefficient (Wildman–Crippen LogP) is 3.09. The quantitative estimate of drug-likeness (QED) is 0.701. The number of hydrogen-bond acceptors (Lipinski definition) is 1. The van der Waals surface area contributed by atoms with Gasteiger partial charge in [0.05, 0.1) is 6.54 Å². The highest BCUT2D eigenvalue weighted by atomic mass is 79.9. The lowest BCUT2D eigenvalue weighted by atomic mass is 10.1. The van der Waals surface area contributed by atoms with Crippen LogP contribution in [0.3, 0.4) is 0 Å². The van der Waals surface area contributed by atoms with Crippen molar-refractivity contribution in [2.24, 2.45) is 5.92 Å². The van der Waals surface area contributed by atoms with Gasteiger partial charge in [-0.2, -0.15) is 8.78 Å². The van der Waals surface area contributed by atoms with E-state index in [0.29, 0.717) is 12.0 Å². The van der Waals surface area contributed by atoms with E-state index >= 15 is 0 Å². The smallest absolute Gasteiger partial charge is 0.297 e. The van der Waals surface area contributed by atoms with Gasteiger partial charge in [0.1, 0.15) is 0 Å². The van der Waals surface area contributed by atoms with E-state index in [0.717, 1.165) is 12.8 Å². The Hall–Kier alpha value is 0.300. The Kier molecular flexibility index (Phi) is 3.69. The molecule has 4 heteroatoms. The molecule has 1 aliphatic rings. The molecule has 1 aliphatic carbocycles. The average Bonchev–Trinajstić information content (AvgIpc) is 2.31. The minimum Gasteiger partial charge on any atom is -0.297 e. The summed E-state index contributed by atoms with van der Waals surface area (Å²) >= 11 is 2.37. The first-order valence-electron chi connectivity index (χ1n) is 4.65. The van der Waals surface area contributed by atoms with Gasteiger partial charge < -0.3 is 0 Å². The van der Waals surface area contributed by atoms with Crippen LogP contribution in [0, 0.1) is 5.92 Å². The Bertz CT molecular complexity index is 169. The molecule has 0 heterocycles. The molecule has 0 aromatic carbocycles. The molecule has 0 saturated heterocycles. The summed E-state index contributed by atoms with van der Waals surface area (Å²) < 4.78 is 25.2. The first-order chi connectivity index (χ1) is 5.88. The average molecular weight is 256 g/mol. The van der Waals surface area contributed by atoms with E-state index < -0.39 is 4.83 Å². The van der Waals surface area contributed by atoms with Gasteiger partial charge in [0, 0.05) is 6.04 Å². The largest absolute Gasteiger partial charge is 0.313 e. The van der Waals surface area contributed by atoms with E-state index in [9.17, 15) is 8.78 Å². The van der Waals surface area contributed by atoms with E-state index in [1.807, 2.05) is 0 Å². The fraction of sp³-hybridized carbons (Fsp3) is 1.00. The third-order valence-corrected chi connectivity index (χ3v) is 2.97. The van der Waals surface area contributed by atoms with Crippen LogP contribution in [-0.2, 0) is 0 Å². The van der Waals surface area contributed by atoms with Crippen molar-refractivity contribution in [2.45, 2.75) is 37.1 Å². The van der Waals surface area contributed by atoms with Gasteiger partial charge in [-0.1, -0.05) is 6.92 Å². The minimum atomic E-state index is -2.74. The monoisotopic (exact) mass is 255 g/mol. The summed E-state index contributed by atoms with van der Waals surface area (Å²) in [6.45, 7) is 1.99. The third-order valence-electron chi connectivity index (χ3n) is 2.72. The zero-order chi connectivity index (χ0) is 10.1. The minimum absolute atomic E-state index is 0.190. The van der Waals surface area contributed by atoms with Crippen LogP contribution in [0.5, 0.6) is 0 Å². The Balaban J connectivity index is 2.36. The highest BCUT2D eigenvalue weighted by Gasteiger charge is 2.31. The van der Waals surface area contributed by atoms with Crippen LogP contribution in [0.25, 0.3) is 0 Å². The molecule has 13 heavy (non-hydrogen) atoms. The summed E-state index contributed by atoms with van der Waals surface area (Å²) in [5.41, 5.74) is 0. The number of rotatable bonds is 3. The predicted molar refractivity (Wildman–Crippen MR) is 53.3 cm³/mol. The van der Waals surface area contributed by atoms with Gasteiger partial charge in [0.15, 0.2) is 0 Å². The summed E-state index contributed by atoms with van der Waals surface area (Å²) in [5, 5.41) is 0. The SMILES string of the molecule is CC1CCC(N(C)CC(F)(F)Br)C1. The van der Waals surface area contributed by atoms with Gasteiger partial charge in [0.2, 0.25) is 0 Å². The van der Waals surface area contributed by atoms with E-state index in [4.69, 9.17) is 0 Å². The number of alkyl halides is 3. The van der Waals surface area contributed by atoms with Crippen LogP contribution >= 0.6 is 15.9 Å². The van der Waals surface area contributed by atoms with Gasteiger partial charge in [0.25, 0.3) is 0 Å². The second-order valence-corrected chi connectivity index (χ2v) is 5.26. The van der Waals surface area contributed by atoms with Crippen molar-refractivity contribution in [1.29, 1.82) is 0 Å². The van der Waals surface area contributed by atoms with E-state index in [1.165, 1.54) is 6.42 Å². The van der Waals surface area contributed by atoms with Crippen molar-refractivity contribution in [3.8, 4) is 0 Å². The second kappa shape index (κ2) is 4.22. The van der Waals surface area contributed by atoms with Crippen LogP contribution in [0.1, 0.15) is 26.2 Å². The van der Waals surface area contributed by atoms with Crippen molar-refractivity contribution in [3.63, 3.8) is 0 Å². The molecule has 0 spiro atoms. The molecule has 2 atom stereocenters. The first-order valence-corrected chi connectivity index (χ1v) is 5.45. The van der Waals surface area contributed by atoms with Crippen molar-refractivity contribution in [1.82, 2.24) is 4.90 Å². The first kappa shape index (κ1) is 11.4. The fourth-order valence-corrected chi connectivity index (χ4v) is 2.38. The Morgan fingerprint density at radius 1 is 1.46 bits per heavy atom. The summed E-state index contributed by atoms with van der Waals surface area (Å²) in [6.07, 6.45) is 3.28. The van der Waals surface area contributed by atoms with E-state index in [1.54, 1.807) is 11.9 Å². The van der Waals surface area contributed by atoms with Crippen molar-refractivity contribution < 1.29 is 8.78 Å². The molecule has 1 fully saturated rings. The third kappa shape index (κ3) is 3.90. The molecule has 0 N–H and O–H groups in total. The summed E-state index contributed by atoms with van der Waals surface area (Å²) in [7, 11) is 1.78. The number of halogens is 3. The van der Waals surface area contributed by atoms with Crippen molar-refractivity contribution in [3.05, 3.63) is 0 Å². The van der Waals surface area contributed by atoms with E-state index in [-0.39, 0.29) is 6.54 Å². The normalized spacial score (nSPS) is 30.0. The molecule has 0 aliphatic heterocycles. The molecule has 0 aromatic heterocycles. The van der Waals surface area contributed by atoms with Crippen molar-refractivity contribution in [2.75, 3.05) is 13.6 Å². The molecule has 0 amide bonds. The van der Waals surface area contributed by atoms with Gasteiger partial charge >= 0.3 is 4.83 Å². The maximum atomic E-state index is 12.6. The lowest BCUT2D eigenvalue weighted by molar-refractivity contribution is 0.0561. The number of nitrogens with zero attached hydrogens (tertiary/aromatic N) is 1. The maximum Gasteiger partial charge on any atom is 0.313 e. The molecule has 1 saturated carbocycles. The van der Waals surface area contributed by atoms with Crippen LogP contribution in [0.4, 0.5) is 8.78 Å². The lowest BCUT2D eigenvalue weighted by Gasteiger charge is -2.26. The molecule has 0 bridgehead atoms. The fourth-order valence-electron chi connectivity index (χ4n) is 1.99. The molecule has 2 unspecified atom stereocenters. The van der Waals surface area contributed by atoms with Crippen LogP contribution in [0.2, 0.25) is 0 Å². The number of hydrogen-bond donors (Lipinski definition) is 0. The molecule has 1 nitrogen and oxygen atoms in total. The Labute approximate surface area is 86.6 Å². The zero-order valence-electron chi connectivity index (χ0n) is 8.06. The summed E-state index contributed by atoms with van der Waals surface area (Å²) in [4.78, 5) is -0.980. The Morgan fingerprint density at radius 2 is 2.08 bits per heavy atom. The molecular weight excluding hydrogens is 240 g/mol. The van der Waals surface area contributed by atoms with Gasteiger partial charge in [-0.05, 0) is 48.2 Å². The van der Waals surface area contributed by atoms with Gasteiger partial charge in [-0.15, -0.1) is 0 Å². The van der Waals surface area contributed by atoms with Crippen LogP contribution < -0.4 is 0 Å². The molecular formula is C9H16BrF2N. The Morgan fingerprint density at radius 3 is 2.46 bits per heavy atom. The van der Waals surface area contributed by atoms with Crippen LogP contribution in [-0.4, -0.2) is 29.4 Å².